The van der Waals surface area contributed by atoms with E-state index in [0.717, 1.165) is 5.75 Å². The standard InChI is InChI=1S/C9H19NO3S/c1-4-10-7(9(12)13)8(11)6(2)5-14-3/h6-8,10-11H,4-5H2,1-3H3,(H,12,13)/t6-,7-,8-/m1/s1. The molecule has 5 heteroatoms. The van der Waals surface area contributed by atoms with Gasteiger partial charge in [-0.1, -0.05) is 13.8 Å². The molecule has 0 aliphatic carbocycles. The van der Waals surface area contributed by atoms with E-state index in [1.54, 1.807) is 11.8 Å². The monoisotopic (exact) mass is 221 g/mol. The minimum atomic E-state index is -0.993. The van der Waals surface area contributed by atoms with Crippen molar-refractivity contribution in [1.29, 1.82) is 0 Å². The van der Waals surface area contributed by atoms with Crippen LogP contribution in [0.15, 0.2) is 0 Å². The molecular weight excluding hydrogens is 202 g/mol. The smallest absolute Gasteiger partial charge is 0.323 e. The number of aliphatic hydroxyl groups is 1. The van der Waals surface area contributed by atoms with Crippen LogP contribution in [-0.2, 0) is 4.79 Å². The maximum atomic E-state index is 10.8. The summed E-state index contributed by atoms with van der Waals surface area (Å²) in [4.78, 5) is 10.8. The second kappa shape index (κ2) is 7.09. The lowest BCUT2D eigenvalue weighted by molar-refractivity contribution is -0.143. The number of carbonyl (C=O) groups is 1. The molecular formula is C9H19NO3S. The average Bonchev–Trinajstić information content (AvgIpc) is 2.13. The Morgan fingerprint density at radius 2 is 2.14 bits per heavy atom. The maximum absolute atomic E-state index is 10.8. The molecule has 0 aromatic heterocycles. The van der Waals surface area contributed by atoms with Crippen molar-refractivity contribution in [2.24, 2.45) is 5.92 Å². The minimum Gasteiger partial charge on any atom is -0.480 e. The van der Waals surface area contributed by atoms with Crippen LogP contribution >= 0.6 is 11.8 Å². The van der Waals surface area contributed by atoms with Gasteiger partial charge in [-0.2, -0.15) is 11.8 Å². The summed E-state index contributed by atoms with van der Waals surface area (Å²) in [5.41, 5.74) is 0. The van der Waals surface area contributed by atoms with Gasteiger partial charge in [0.15, 0.2) is 0 Å². The van der Waals surface area contributed by atoms with E-state index in [9.17, 15) is 9.90 Å². The fraction of sp³-hybridized carbons (Fsp3) is 0.889. The highest BCUT2D eigenvalue weighted by atomic mass is 32.2. The highest BCUT2D eigenvalue weighted by Crippen LogP contribution is 2.12. The van der Waals surface area contributed by atoms with Crippen LogP contribution in [0.2, 0.25) is 0 Å². The molecule has 0 fully saturated rings. The molecule has 0 spiro atoms. The Labute approximate surface area is 89.1 Å². The van der Waals surface area contributed by atoms with Crippen LogP contribution in [0.3, 0.4) is 0 Å². The van der Waals surface area contributed by atoms with E-state index in [1.165, 1.54) is 0 Å². The number of aliphatic hydroxyl groups excluding tert-OH is 1. The third-order valence-electron chi connectivity index (χ3n) is 2.04. The van der Waals surface area contributed by atoms with Gasteiger partial charge in [-0.05, 0) is 24.5 Å². The molecule has 0 aliphatic rings. The van der Waals surface area contributed by atoms with Gasteiger partial charge in [0.25, 0.3) is 0 Å². The molecule has 0 unspecified atom stereocenters. The molecule has 0 saturated carbocycles. The largest absolute Gasteiger partial charge is 0.480 e. The quantitative estimate of drug-likeness (QED) is 0.581. The molecule has 14 heavy (non-hydrogen) atoms. The van der Waals surface area contributed by atoms with Crippen molar-refractivity contribution in [2.75, 3.05) is 18.6 Å². The Bertz CT molecular complexity index is 177. The van der Waals surface area contributed by atoms with Crippen LogP contribution < -0.4 is 5.32 Å². The highest BCUT2D eigenvalue weighted by Gasteiger charge is 2.29. The van der Waals surface area contributed by atoms with Crippen molar-refractivity contribution < 1.29 is 15.0 Å². The Morgan fingerprint density at radius 3 is 2.50 bits per heavy atom. The number of carboxylic acids is 1. The average molecular weight is 221 g/mol. The summed E-state index contributed by atoms with van der Waals surface area (Å²) < 4.78 is 0. The van der Waals surface area contributed by atoms with E-state index in [2.05, 4.69) is 5.32 Å². The first-order valence-corrected chi connectivity index (χ1v) is 6.07. The fourth-order valence-corrected chi connectivity index (χ4v) is 1.99. The summed E-state index contributed by atoms with van der Waals surface area (Å²) in [6.45, 7) is 4.22. The van der Waals surface area contributed by atoms with E-state index in [4.69, 9.17) is 5.11 Å². The molecule has 0 aromatic carbocycles. The lowest BCUT2D eigenvalue weighted by Gasteiger charge is -2.24. The molecule has 0 aromatic rings. The molecule has 0 heterocycles. The summed E-state index contributed by atoms with van der Waals surface area (Å²) >= 11 is 1.60. The Hall–Kier alpha value is -0.260. The molecule has 0 saturated heterocycles. The van der Waals surface area contributed by atoms with Gasteiger partial charge >= 0.3 is 5.97 Å². The van der Waals surface area contributed by atoms with Crippen molar-refractivity contribution in [3.63, 3.8) is 0 Å². The zero-order valence-corrected chi connectivity index (χ0v) is 9.67. The van der Waals surface area contributed by atoms with Gasteiger partial charge in [0.1, 0.15) is 6.04 Å². The van der Waals surface area contributed by atoms with E-state index < -0.39 is 18.1 Å². The van der Waals surface area contributed by atoms with E-state index in [0.29, 0.717) is 6.54 Å². The summed E-state index contributed by atoms with van der Waals surface area (Å²) in [5, 5.41) is 21.4. The summed E-state index contributed by atoms with van der Waals surface area (Å²) in [5.74, 6) is -0.256. The number of nitrogens with one attached hydrogen (secondary N) is 1. The zero-order valence-electron chi connectivity index (χ0n) is 8.86. The predicted molar refractivity (Wildman–Crippen MR) is 58.7 cm³/mol. The zero-order chi connectivity index (χ0) is 11.1. The van der Waals surface area contributed by atoms with Crippen molar-refractivity contribution in [2.45, 2.75) is 26.0 Å². The first-order valence-electron chi connectivity index (χ1n) is 4.67. The van der Waals surface area contributed by atoms with E-state index in [1.807, 2.05) is 20.1 Å². The molecule has 0 radical (unpaired) electrons. The van der Waals surface area contributed by atoms with Crippen molar-refractivity contribution in [3.05, 3.63) is 0 Å². The molecule has 0 aliphatic heterocycles. The van der Waals surface area contributed by atoms with Gasteiger partial charge in [-0.15, -0.1) is 0 Å². The first kappa shape index (κ1) is 13.7. The third kappa shape index (κ3) is 4.30. The predicted octanol–water partition coefficient (Wildman–Crippen LogP) is 0.409. The van der Waals surface area contributed by atoms with Crippen LogP contribution in [0.25, 0.3) is 0 Å². The lowest BCUT2D eigenvalue weighted by Crippen LogP contribution is -2.49. The van der Waals surface area contributed by atoms with E-state index >= 15 is 0 Å². The number of carboxylic acid groups (broad SMARTS) is 1. The van der Waals surface area contributed by atoms with E-state index in [-0.39, 0.29) is 5.92 Å². The molecule has 0 bridgehead atoms. The van der Waals surface area contributed by atoms with Gasteiger partial charge in [0.2, 0.25) is 0 Å². The maximum Gasteiger partial charge on any atom is 0.323 e. The lowest BCUT2D eigenvalue weighted by atomic mass is 9.99. The topological polar surface area (TPSA) is 69.6 Å². The second-order valence-electron chi connectivity index (χ2n) is 3.30. The van der Waals surface area contributed by atoms with Gasteiger partial charge in [-0.25, -0.2) is 0 Å². The second-order valence-corrected chi connectivity index (χ2v) is 4.21. The van der Waals surface area contributed by atoms with Gasteiger partial charge < -0.3 is 15.5 Å². The normalized spacial score (nSPS) is 17.4. The number of thioether (sulfide) groups is 1. The van der Waals surface area contributed by atoms with Gasteiger partial charge in [-0.3, -0.25) is 4.79 Å². The molecule has 3 atom stereocenters. The van der Waals surface area contributed by atoms with Crippen molar-refractivity contribution in [1.82, 2.24) is 5.32 Å². The summed E-state index contributed by atoms with van der Waals surface area (Å²) in [6, 6.07) is -0.859. The van der Waals surface area contributed by atoms with Crippen LogP contribution in [0.4, 0.5) is 0 Å². The van der Waals surface area contributed by atoms with Crippen LogP contribution in [0.5, 0.6) is 0 Å². The Kier molecular flexibility index (Phi) is 6.96. The molecule has 0 amide bonds. The SMILES string of the molecule is CCN[C@@H](C(=O)O)[C@H](O)[C@H](C)CSC. The Balaban J connectivity index is 4.26. The summed E-state index contributed by atoms with van der Waals surface area (Å²) in [7, 11) is 0. The molecule has 84 valence electrons. The number of hydrogen-bond acceptors (Lipinski definition) is 4. The fourth-order valence-electron chi connectivity index (χ4n) is 1.26. The highest BCUT2D eigenvalue weighted by molar-refractivity contribution is 7.98. The Morgan fingerprint density at radius 1 is 1.57 bits per heavy atom. The minimum absolute atomic E-state index is 0.0230. The van der Waals surface area contributed by atoms with Crippen LogP contribution in [0, 0.1) is 5.92 Å². The first-order chi connectivity index (χ1) is 6.54. The number of rotatable bonds is 7. The molecule has 3 N–H and O–H groups in total. The van der Waals surface area contributed by atoms with Crippen molar-refractivity contribution >= 4 is 17.7 Å². The van der Waals surface area contributed by atoms with Crippen LogP contribution in [0.1, 0.15) is 13.8 Å². The van der Waals surface area contributed by atoms with Gasteiger partial charge in [0, 0.05) is 0 Å². The number of aliphatic carboxylic acids is 1. The van der Waals surface area contributed by atoms with Gasteiger partial charge in [0.05, 0.1) is 6.10 Å². The third-order valence-corrected chi connectivity index (χ3v) is 2.90. The molecule has 4 nitrogen and oxygen atoms in total. The number of likely N-dealkylation sites (N-methyl/N-ethyl adjacent to an activating group) is 1. The van der Waals surface area contributed by atoms with Crippen LogP contribution in [-0.4, -0.2) is 46.9 Å². The summed E-state index contributed by atoms with van der Waals surface area (Å²) in [6.07, 6.45) is 1.10. The van der Waals surface area contributed by atoms with Crippen molar-refractivity contribution in [3.8, 4) is 0 Å². The molecule has 0 rings (SSSR count). The number of hydrogen-bond donors (Lipinski definition) is 3.